The number of hydrogen-bond acceptors (Lipinski definition) is 4. The van der Waals surface area contributed by atoms with Gasteiger partial charge in [0, 0.05) is 5.56 Å². The molecule has 0 unspecified atom stereocenters. The summed E-state index contributed by atoms with van der Waals surface area (Å²) in [5.74, 6) is -0.0365. The Hall–Kier alpha value is -1.09. The second kappa shape index (κ2) is 4.42. The van der Waals surface area contributed by atoms with Crippen molar-refractivity contribution in [3.05, 3.63) is 27.7 Å². The molecule has 74 valence electrons. The van der Waals surface area contributed by atoms with Crippen LogP contribution < -0.4 is 5.73 Å². The number of aliphatic hydroxyl groups excluding tert-OH is 1. The van der Waals surface area contributed by atoms with Gasteiger partial charge in [-0.3, -0.25) is 0 Å². The lowest BCUT2D eigenvalue weighted by Crippen LogP contribution is -2.14. The van der Waals surface area contributed by atoms with Crippen LogP contribution in [0.5, 0.6) is 5.75 Å². The third-order valence-corrected chi connectivity index (χ3v) is 2.42. The highest BCUT2D eigenvalue weighted by atomic mass is 79.9. The average Bonchev–Trinajstić information content (AvgIpc) is 2.20. The number of aromatic hydroxyl groups is 1. The van der Waals surface area contributed by atoms with Crippen LogP contribution in [-0.2, 0) is 0 Å². The molecule has 14 heavy (non-hydrogen) atoms. The number of benzene rings is 1. The van der Waals surface area contributed by atoms with Crippen molar-refractivity contribution in [2.75, 3.05) is 6.61 Å². The Labute approximate surface area is 89.7 Å². The highest BCUT2D eigenvalue weighted by molar-refractivity contribution is 9.10. The second-order valence-corrected chi connectivity index (χ2v) is 3.65. The number of rotatable bonds is 2. The summed E-state index contributed by atoms with van der Waals surface area (Å²) < 4.78 is 0.399. The molecule has 0 saturated carbocycles. The van der Waals surface area contributed by atoms with Crippen LogP contribution in [0.4, 0.5) is 0 Å². The van der Waals surface area contributed by atoms with Crippen LogP contribution in [0.3, 0.4) is 0 Å². The molecule has 0 aromatic heterocycles. The molecule has 0 fully saturated rings. The van der Waals surface area contributed by atoms with Crippen molar-refractivity contribution in [2.24, 2.45) is 5.73 Å². The summed E-state index contributed by atoms with van der Waals surface area (Å²) in [5, 5.41) is 27.1. The number of aliphatic hydroxyl groups is 1. The summed E-state index contributed by atoms with van der Waals surface area (Å²) in [6, 6.07) is 4.20. The molecule has 0 amide bonds. The highest BCUT2D eigenvalue weighted by Crippen LogP contribution is 2.32. The van der Waals surface area contributed by atoms with E-state index in [4.69, 9.17) is 16.1 Å². The smallest absolute Gasteiger partial charge is 0.134 e. The minimum Gasteiger partial charge on any atom is -0.506 e. The first-order chi connectivity index (χ1) is 6.60. The van der Waals surface area contributed by atoms with E-state index in [0.717, 1.165) is 0 Å². The Morgan fingerprint density at radius 1 is 1.57 bits per heavy atom. The van der Waals surface area contributed by atoms with E-state index in [2.05, 4.69) is 15.9 Å². The van der Waals surface area contributed by atoms with E-state index in [0.29, 0.717) is 15.6 Å². The number of phenolic OH excluding ortho intramolecular Hbond substituents is 1. The van der Waals surface area contributed by atoms with Gasteiger partial charge in [-0.1, -0.05) is 0 Å². The molecule has 5 heteroatoms. The van der Waals surface area contributed by atoms with E-state index >= 15 is 0 Å². The number of nitrogens with zero attached hydrogens (tertiary/aromatic N) is 1. The molecule has 0 radical (unpaired) electrons. The van der Waals surface area contributed by atoms with E-state index in [9.17, 15) is 5.11 Å². The summed E-state index contributed by atoms with van der Waals surface area (Å²) in [5.41, 5.74) is 6.29. The van der Waals surface area contributed by atoms with Crippen molar-refractivity contribution in [1.82, 2.24) is 0 Å². The lowest BCUT2D eigenvalue weighted by Gasteiger charge is -2.12. The van der Waals surface area contributed by atoms with Gasteiger partial charge >= 0.3 is 0 Å². The first kappa shape index (κ1) is 11.0. The molecule has 4 N–H and O–H groups in total. The molecule has 1 atom stereocenters. The van der Waals surface area contributed by atoms with Gasteiger partial charge in [-0.15, -0.1) is 0 Å². The molecule has 0 aliphatic rings. The SMILES string of the molecule is N#Cc1cc(Br)c(O)c([C@H](N)CO)c1. The molecule has 1 aromatic rings. The van der Waals surface area contributed by atoms with E-state index < -0.39 is 6.04 Å². The van der Waals surface area contributed by atoms with Crippen molar-refractivity contribution in [3.63, 3.8) is 0 Å². The fourth-order valence-electron chi connectivity index (χ4n) is 1.07. The van der Waals surface area contributed by atoms with Gasteiger partial charge in [0.15, 0.2) is 0 Å². The molecule has 0 aliphatic heterocycles. The molecule has 0 bridgehead atoms. The fraction of sp³-hybridized carbons (Fsp3) is 0.222. The summed E-state index contributed by atoms with van der Waals surface area (Å²) in [4.78, 5) is 0. The van der Waals surface area contributed by atoms with Crippen LogP contribution >= 0.6 is 15.9 Å². The van der Waals surface area contributed by atoms with Crippen LogP contribution in [0.1, 0.15) is 17.2 Å². The van der Waals surface area contributed by atoms with Gasteiger partial charge in [-0.05, 0) is 28.1 Å². The predicted molar refractivity (Wildman–Crippen MR) is 54.5 cm³/mol. The zero-order chi connectivity index (χ0) is 10.7. The number of hydrogen-bond donors (Lipinski definition) is 3. The van der Waals surface area contributed by atoms with Crippen LogP contribution in [0.15, 0.2) is 16.6 Å². The molecule has 0 saturated heterocycles. The Kier molecular flexibility index (Phi) is 3.47. The van der Waals surface area contributed by atoms with Crippen molar-refractivity contribution in [3.8, 4) is 11.8 Å². The minimum atomic E-state index is -0.681. The van der Waals surface area contributed by atoms with E-state index in [1.54, 1.807) is 0 Å². The maximum Gasteiger partial charge on any atom is 0.134 e. The first-order valence-corrected chi connectivity index (χ1v) is 4.68. The quantitative estimate of drug-likeness (QED) is 0.737. The van der Waals surface area contributed by atoms with Crippen LogP contribution in [-0.4, -0.2) is 16.8 Å². The molecular weight excluding hydrogens is 248 g/mol. The average molecular weight is 257 g/mol. The van der Waals surface area contributed by atoms with Crippen LogP contribution in [0, 0.1) is 11.3 Å². The number of nitrogens with two attached hydrogens (primary N) is 1. The monoisotopic (exact) mass is 256 g/mol. The van der Waals surface area contributed by atoms with E-state index in [1.165, 1.54) is 12.1 Å². The standard InChI is InChI=1S/C9H9BrN2O2/c10-7-2-5(3-11)1-6(9(7)14)8(12)4-13/h1-2,8,13-14H,4,12H2/t8-/m1/s1. The van der Waals surface area contributed by atoms with Gasteiger partial charge in [0.1, 0.15) is 5.75 Å². The molecule has 4 nitrogen and oxygen atoms in total. The second-order valence-electron chi connectivity index (χ2n) is 2.80. The minimum absolute atomic E-state index is 0.0365. The van der Waals surface area contributed by atoms with Crippen molar-refractivity contribution >= 4 is 15.9 Å². The van der Waals surface area contributed by atoms with Crippen molar-refractivity contribution < 1.29 is 10.2 Å². The molecular formula is C9H9BrN2O2. The maximum atomic E-state index is 9.57. The third kappa shape index (κ3) is 2.04. The third-order valence-electron chi connectivity index (χ3n) is 1.82. The summed E-state index contributed by atoms with van der Waals surface area (Å²) in [6.45, 7) is -0.283. The molecule has 0 spiro atoms. The van der Waals surface area contributed by atoms with Gasteiger partial charge in [-0.2, -0.15) is 5.26 Å². The molecule has 1 rings (SSSR count). The Bertz CT molecular complexity index is 387. The van der Waals surface area contributed by atoms with Crippen molar-refractivity contribution in [1.29, 1.82) is 5.26 Å². The van der Waals surface area contributed by atoms with Gasteiger partial charge in [-0.25, -0.2) is 0 Å². The Balaban J connectivity index is 3.28. The van der Waals surface area contributed by atoms with E-state index in [1.807, 2.05) is 6.07 Å². The number of phenols is 1. The van der Waals surface area contributed by atoms with Gasteiger partial charge < -0.3 is 15.9 Å². The predicted octanol–water partition coefficient (Wildman–Crippen LogP) is 1.02. The first-order valence-electron chi connectivity index (χ1n) is 3.89. The zero-order valence-electron chi connectivity index (χ0n) is 7.24. The Morgan fingerprint density at radius 3 is 2.71 bits per heavy atom. The molecule has 1 aromatic carbocycles. The maximum absolute atomic E-state index is 9.57. The molecule has 0 heterocycles. The topological polar surface area (TPSA) is 90.3 Å². The normalized spacial score (nSPS) is 12.1. The van der Waals surface area contributed by atoms with Crippen LogP contribution in [0.25, 0.3) is 0 Å². The summed E-state index contributed by atoms with van der Waals surface area (Å²) >= 11 is 3.10. The van der Waals surface area contributed by atoms with Crippen LogP contribution in [0.2, 0.25) is 0 Å². The zero-order valence-corrected chi connectivity index (χ0v) is 8.82. The highest BCUT2D eigenvalue weighted by Gasteiger charge is 2.13. The summed E-state index contributed by atoms with van der Waals surface area (Å²) in [6.07, 6.45) is 0. The largest absolute Gasteiger partial charge is 0.506 e. The lowest BCUT2D eigenvalue weighted by molar-refractivity contribution is 0.265. The Morgan fingerprint density at radius 2 is 2.21 bits per heavy atom. The summed E-state index contributed by atoms with van der Waals surface area (Å²) in [7, 11) is 0. The van der Waals surface area contributed by atoms with Gasteiger partial charge in [0.25, 0.3) is 0 Å². The van der Waals surface area contributed by atoms with Gasteiger partial charge in [0.05, 0.1) is 28.8 Å². The number of halogens is 1. The molecule has 0 aliphatic carbocycles. The van der Waals surface area contributed by atoms with Crippen molar-refractivity contribution in [2.45, 2.75) is 6.04 Å². The van der Waals surface area contributed by atoms with E-state index in [-0.39, 0.29) is 12.4 Å². The lowest BCUT2D eigenvalue weighted by atomic mass is 10.0. The van der Waals surface area contributed by atoms with Gasteiger partial charge in [0.2, 0.25) is 0 Å². The number of nitriles is 1. The fourth-order valence-corrected chi connectivity index (χ4v) is 1.54.